The predicted molar refractivity (Wildman–Crippen MR) is 101 cm³/mol. The number of benzene rings is 3. The molecule has 4 heteroatoms. The Bertz CT molecular complexity index is 742. The van der Waals surface area contributed by atoms with Gasteiger partial charge in [0.15, 0.2) is 0 Å². The Kier molecular flexibility index (Phi) is 4.20. The van der Waals surface area contributed by atoms with E-state index in [1.165, 1.54) is 11.1 Å². The van der Waals surface area contributed by atoms with Crippen LogP contribution < -0.4 is 9.34 Å². The highest BCUT2D eigenvalue weighted by molar-refractivity contribution is 7.55. The summed E-state index contributed by atoms with van der Waals surface area (Å²) in [5.41, 5.74) is 4.61. The van der Waals surface area contributed by atoms with E-state index in [9.17, 15) is 4.89 Å². The lowest BCUT2D eigenvalue weighted by molar-refractivity contribution is 0.613. The molecule has 0 atom stereocenters. The normalized spacial score (nSPS) is 14.0. The molecule has 0 bridgehead atoms. The fourth-order valence-corrected chi connectivity index (χ4v) is 4.60. The topological polar surface area (TPSA) is 26.7 Å². The van der Waals surface area contributed by atoms with Crippen LogP contribution in [0.5, 0.6) is 0 Å². The summed E-state index contributed by atoms with van der Waals surface area (Å²) >= 11 is 0. The van der Waals surface area contributed by atoms with Gasteiger partial charge in [-0.3, -0.25) is 0 Å². The van der Waals surface area contributed by atoms with Crippen molar-refractivity contribution in [3.05, 3.63) is 96.1 Å². The third-order valence-electron chi connectivity index (χ3n) is 4.22. The molecule has 0 fully saturated rings. The minimum atomic E-state index is -1.40. The van der Waals surface area contributed by atoms with Gasteiger partial charge in [0.25, 0.3) is 0 Å². The molecule has 0 saturated carbocycles. The zero-order valence-corrected chi connectivity index (χ0v) is 14.2. The molecule has 24 heavy (non-hydrogen) atoms. The molecule has 120 valence electrons. The van der Waals surface area contributed by atoms with Gasteiger partial charge in [-0.2, -0.15) is 0 Å². The minimum Gasteiger partial charge on any atom is -0.338 e. The lowest BCUT2D eigenvalue weighted by Gasteiger charge is -2.27. The third-order valence-corrected chi connectivity index (χ3v) is 5.80. The van der Waals surface area contributed by atoms with Crippen LogP contribution in [0.25, 0.3) is 0 Å². The van der Waals surface area contributed by atoms with E-state index in [-0.39, 0.29) is 0 Å². The Labute approximate surface area is 143 Å². The van der Waals surface area contributed by atoms with E-state index in [1.807, 2.05) is 48.5 Å². The molecule has 3 nitrogen and oxygen atoms in total. The summed E-state index contributed by atoms with van der Waals surface area (Å²) in [6.45, 7) is 1.43. The Morgan fingerprint density at radius 1 is 0.583 bits per heavy atom. The largest absolute Gasteiger partial charge is 0.338 e. The Hall–Kier alpha value is -2.35. The molecule has 0 spiro atoms. The smallest absolute Gasteiger partial charge is 0.246 e. The van der Waals surface area contributed by atoms with Crippen LogP contribution in [0, 0.1) is 0 Å². The van der Waals surface area contributed by atoms with Gasteiger partial charge in [0.1, 0.15) is 0 Å². The van der Waals surface area contributed by atoms with Crippen molar-refractivity contribution in [2.24, 2.45) is 0 Å². The maximum atomic E-state index is 11.0. The quantitative estimate of drug-likeness (QED) is 0.685. The number of hydrogen-bond acceptors (Lipinski definition) is 3. The second-order valence-corrected chi connectivity index (χ2v) is 7.35. The first kappa shape index (κ1) is 15.2. The fourth-order valence-electron chi connectivity index (χ4n) is 3.03. The zero-order valence-electron chi connectivity index (χ0n) is 13.3. The van der Waals surface area contributed by atoms with Crippen molar-refractivity contribution >= 4 is 19.8 Å². The second-order valence-electron chi connectivity index (χ2n) is 5.84. The van der Waals surface area contributed by atoms with Gasteiger partial charge < -0.3 is 14.2 Å². The van der Waals surface area contributed by atoms with Crippen molar-refractivity contribution in [1.29, 1.82) is 0 Å². The van der Waals surface area contributed by atoms with E-state index in [2.05, 4.69) is 45.7 Å². The molecule has 3 aromatic rings. The highest BCUT2D eigenvalue weighted by Gasteiger charge is 2.35. The van der Waals surface area contributed by atoms with E-state index < -0.39 is 8.45 Å². The standard InChI is InChI=1S/C20H19N2OP/c23-24-21(15-17-9-3-1-4-10-17)19-13-7-8-14-20(19)22(24)16-18-11-5-2-6-12-18/h1-14,23H,15-16H2. The summed E-state index contributed by atoms with van der Waals surface area (Å²) in [5, 5.41) is 0. The summed E-state index contributed by atoms with van der Waals surface area (Å²) in [6, 6.07) is 28.9. The van der Waals surface area contributed by atoms with Crippen LogP contribution >= 0.6 is 8.45 Å². The second kappa shape index (κ2) is 6.64. The maximum absolute atomic E-state index is 11.0. The minimum absolute atomic E-state index is 0.714. The van der Waals surface area contributed by atoms with E-state index in [1.54, 1.807) is 0 Å². The number of rotatable bonds is 4. The van der Waals surface area contributed by atoms with Crippen molar-refractivity contribution in [2.75, 3.05) is 9.34 Å². The monoisotopic (exact) mass is 334 g/mol. The van der Waals surface area contributed by atoms with Crippen molar-refractivity contribution in [1.82, 2.24) is 0 Å². The number of hydrogen-bond donors (Lipinski definition) is 1. The third kappa shape index (κ3) is 2.89. The van der Waals surface area contributed by atoms with Crippen LogP contribution in [0.1, 0.15) is 11.1 Å². The van der Waals surface area contributed by atoms with Crippen LogP contribution in [-0.2, 0) is 13.1 Å². The predicted octanol–water partition coefficient (Wildman–Crippen LogP) is 4.93. The number of para-hydroxylation sites is 2. The molecule has 0 aliphatic carbocycles. The van der Waals surface area contributed by atoms with Gasteiger partial charge in [-0.25, -0.2) is 0 Å². The lowest BCUT2D eigenvalue weighted by Crippen LogP contribution is -2.20. The molecule has 0 amide bonds. The van der Waals surface area contributed by atoms with Gasteiger partial charge in [-0.05, 0) is 23.3 Å². The summed E-state index contributed by atoms with van der Waals surface area (Å²) in [4.78, 5) is 11.0. The Morgan fingerprint density at radius 3 is 1.38 bits per heavy atom. The van der Waals surface area contributed by atoms with Gasteiger partial charge in [0.05, 0.1) is 24.5 Å². The molecule has 1 N–H and O–H groups in total. The molecular formula is C20H19N2OP. The number of anilines is 2. The molecule has 4 rings (SSSR count). The first-order valence-electron chi connectivity index (χ1n) is 8.04. The number of fused-ring (bicyclic) bond motifs is 1. The van der Waals surface area contributed by atoms with E-state index in [4.69, 9.17) is 0 Å². The van der Waals surface area contributed by atoms with Crippen LogP contribution in [0.15, 0.2) is 84.9 Å². The van der Waals surface area contributed by atoms with E-state index in [0.717, 1.165) is 11.4 Å². The summed E-state index contributed by atoms with van der Waals surface area (Å²) in [5.74, 6) is 0. The lowest BCUT2D eigenvalue weighted by atomic mass is 10.2. The first-order valence-corrected chi connectivity index (χ1v) is 9.24. The van der Waals surface area contributed by atoms with Gasteiger partial charge in [-0.1, -0.05) is 72.8 Å². The van der Waals surface area contributed by atoms with Crippen molar-refractivity contribution < 1.29 is 4.89 Å². The first-order chi connectivity index (χ1) is 11.8. The van der Waals surface area contributed by atoms with Crippen molar-refractivity contribution in [2.45, 2.75) is 13.1 Å². The molecule has 1 heterocycles. The van der Waals surface area contributed by atoms with E-state index >= 15 is 0 Å². The number of nitrogens with zero attached hydrogens (tertiary/aromatic N) is 2. The van der Waals surface area contributed by atoms with Crippen LogP contribution in [-0.4, -0.2) is 4.89 Å². The highest BCUT2D eigenvalue weighted by atomic mass is 31.2. The van der Waals surface area contributed by atoms with Gasteiger partial charge >= 0.3 is 0 Å². The van der Waals surface area contributed by atoms with Crippen molar-refractivity contribution in [3.63, 3.8) is 0 Å². The maximum Gasteiger partial charge on any atom is 0.246 e. The summed E-state index contributed by atoms with van der Waals surface area (Å²) < 4.78 is 4.23. The van der Waals surface area contributed by atoms with Crippen LogP contribution in [0.4, 0.5) is 11.4 Å². The fraction of sp³-hybridized carbons (Fsp3) is 0.100. The molecule has 1 aliphatic rings. The highest BCUT2D eigenvalue weighted by Crippen LogP contribution is 2.57. The Morgan fingerprint density at radius 2 is 0.958 bits per heavy atom. The van der Waals surface area contributed by atoms with E-state index in [0.29, 0.717) is 13.1 Å². The molecule has 1 aliphatic heterocycles. The zero-order chi connectivity index (χ0) is 16.4. The summed E-state index contributed by atoms with van der Waals surface area (Å²) in [6.07, 6.45) is 0. The van der Waals surface area contributed by atoms with Crippen LogP contribution in [0.2, 0.25) is 0 Å². The molecule has 3 aromatic carbocycles. The average molecular weight is 334 g/mol. The summed E-state index contributed by atoms with van der Waals surface area (Å²) in [7, 11) is -1.40. The van der Waals surface area contributed by atoms with Crippen molar-refractivity contribution in [3.8, 4) is 0 Å². The molecular weight excluding hydrogens is 315 g/mol. The molecule has 0 saturated heterocycles. The van der Waals surface area contributed by atoms with Gasteiger partial charge in [-0.15, -0.1) is 0 Å². The average Bonchev–Trinajstić information content (AvgIpc) is 2.90. The van der Waals surface area contributed by atoms with Gasteiger partial charge in [0, 0.05) is 0 Å². The van der Waals surface area contributed by atoms with Crippen LogP contribution in [0.3, 0.4) is 0 Å². The molecule has 0 unspecified atom stereocenters. The molecule has 0 radical (unpaired) electrons. The SMILES string of the molecule is OP1N(Cc2ccccc2)c2ccccc2N1Cc1ccccc1. The Balaban J connectivity index is 1.65. The molecule has 0 aromatic heterocycles. The van der Waals surface area contributed by atoms with Gasteiger partial charge in [0.2, 0.25) is 8.45 Å².